The van der Waals surface area contributed by atoms with Gasteiger partial charge in [0.2, 0.25) is 0 Å². The van der Waals surface area contributed by atoms with Crippen LogP contribution in [0.3, 0.4) is 0 Å². The summed E-state index contributed by atoms with van der Waals surface area (Å²) in [7, 11) is 0. The minimum absolute atomic E-state index is 0.299. The van der Waals surface area contributed by atoms with Crippen molar-refractivity contribution in [2.24, 2.45) is 0 Å². The summed E-state index contributed by atoms with van der Waals surface area (Å²) in [6.45, 7) is 6.80. The number of furan rings is 1. The second-order valence-corrected chi connectivity index (χ2v) is 13.4. The van der Waals surface area contributed by atoms with Gasteiger partial charge in [0.25, 0.3) is 0 Å². The second-order valence-electron chi connectivity index (χ2n) is 8.01. The van der Waals surface area contributed by atoms with Gasteiger partial charge in [0.05, 0.1) is 0 Å². The SMILES string of the molecule is CCOC(=O)/C=C/c1cc2ccoc2c(OCC=C(C)C)c1OCC1=CC=C[PH](C)(Cl)C=C1. The molecule has 0 amide bonds. The minimum atomic E-state index is -2.01. The van der Waals surface area contributed by atoms with Gasteiger partial charge in [-0.05, 0) is 6.92 Å². The van der Waals surface area contributed by atoms with Crippen LogP contribution < -0.4 is 9.47 Å². The van der Waals surface area contributed by atoms with E-state index in [-0.39, 0.29) is 0 Å². The third kappa shape index (κ3) is 7.12. The Morgan fingerprint density at radius 3 is 2.79 bits per heavy atom. The van der Waals surface area contributed by atoms with Gasteiger partial charge < -0.3 is 0 Å². The Bertz CT molecular complexity index is 1150. The average Bonchev–Trinajstić information content (AvgIpc) is 3.15. The normalized spacial score (nSPS) is 15.7. The number of hydrogen-bond acceptors (Lipinski definition) is 5. The van der Waals surface area contributed by atoms with Gasteiger partial charge in [0, 0.05) is 0 Å². The Kier molecular flexibility index (Phi) is 8.60. The van der Waals surface area contributed by atoms with Gasteiger partial charge in [0.15, 0.2) is 0 Å². The predicted molar refractivity (Wildman–Crippen MR) is 139 cm³/mol. The van der Waals surface area contributed by atoms with E-state index < -0.39 is 12.6 Å². The number of rotatable bonds is 9. The van der Waals surface area contributed by atoms with Crippen molar-refractivity contribution >= 4 is 40.9 Å². The van der Waals surface area contributed by atoms with Gasteiger partial charge in [-0.1, -0.05) is 0 Å². The molecule has 0 bridgehead atoms. The molecule has 2 heterocycles. The van der Waals surface area contributed by atoms with Crippen molar-refractivity contribution < 1.29 is 23.4 Å². The Morgan fingerprint density at radius 1 is 1.21 bits per heavy atom. The summed E-state index contributed by atoms with van der Waals surface area (Å²) in [4.78, 5) is 11.9. The van der Waals surface area contributed by atoms with E-state index in [9.17, 15) is 4.79 Å². The van der Waals surface area contributed by atoms with Crippen LogP contribution in [0.15, 0.2) is 76.0 Å². The number of fused-ring (bicyclic) bond motifs is 1. The molecule has 5 nitrogen and oxygen atoms in total. The number of hydrogen-bond donors (Lipinski definition) is 0. The van der Waals surface area contributed by atoms with Gasteiger partial charge >= 0.3 is 193 Å². The summed E-state index contributed by atoms with van der Waals surface area (Å²) < 4.78 is 23.1. The molecular weight excluding hydrogens is 459 g/mol. The van der Waals surface area contributed by atoms with Gasteiger partial charge in [-0.2, -0.15) is 0 Å². The van der Waals surface area contributed by atoms with E-state index in [0.717, 1.165) is 16.5 Å². The Balaban J connectivity index is 1.99. The van der Waals surface area contributed by atoms with E-state index >= 15 is 0 Å². The van der Waals surface area contributed by atoms with Crippen molar-refractivity contribution in [2.45, 2.75) is 20.8 Å². The molecule has 0 fully saturated rings. The van der Waals surface area contributed by atoms with Crippen LogP contribution >= 0.6 is 17.9 Å². The topological polar surface area (TPSA) is 57.9 Å². The molecule has 0 radical (unpaired) electrons. The maximum atomic E-state index is 11.9. The summed E-state index contributed by atoms with van der Waals surface area (Å²) in [6.07, 6.45) is 12.6. The van der Waals surface area contributed by atoms with Crippen molar-refractivity contribution in [3.05, 3.63) is 77.1 Å². The molecular formula is C26H30ClO5P. The van der Waals surface area contributed by atoms with Crippen LogP contribution in [0.25, 0.3) is 17.0 Å². The molecule has 176 valence electrons. The third-order valence-electron chi connectivity index (χ3n) is 4.83. The van der Waals surface area contributed by atoms with Gasteiger partial charge in [-0.15, -0.1) is 0 Å². The van der Waals surface area contributed by atoms with E-state index in [1.165, 1.54) is 6.08 Å². The maximum absolute atomic E-state index is 11.9. The molecule has 0 N–H and O–H groups in total. The molecule has 0 saturated carbocycles. The van der Waals surface area contributed by atoms with Crippen molar-refractivity contribution in [3.63, 3.8) is 0 Å². The molecule has 1 aliphatic rings. The van der Waals surface area contributed by atoms with Crippen LogP contribution in [-0.4, -0.2) is 32.5 Å². The number of ether oxygens (including phenoxy) is 3. The molecule has 0 unspecified atom stereocenters. The van der Waals surface area contributed by atoms with E-state index in [4.69, 9.17) is 29.9 Å². The summed E-state index contributed by atoms with van der Waals surface area (Å²) in [5.74, 6) is 4.66. The zero-order valence-electron chi connectivity index (χ0n) is 19.4. The predicted octanol–water partition coefficient (Wildman–Crippen LogP) is 7.23. The monoisotopic (exact) mass is 488 g/mol. The molecule has 2 aromatic rings. The summed E-state index contributed by atoms with van der Waals surface area (Å²) in [6, 6.07) is 3.75. The molecule has 1 aliphatic heterocycles. The van der Waals surface area contributed by atoms with Crippen LogP contribution in [0.5, 0.6) is 11.5 Å². The number of benzene rings is 1. The Hall–Kier alpha value is -2.75. The van der Waals surface area contributed by atoms with Crippen LogP contribution in [0, 0.1) is 0 Å². The first-order chi connectivity index (χ1) is 15.8. The number of carbonyl (C=O) groups excluding carboxylic acids is 1. The molecule has 3 rings (SSSR count). The molecule has 1 aromatic heterocycles. The van der Waals surface area contributed by atoms with Gasteiger partial charge in [-0.3, -0.25) is 0 Å². The Morgan fingerprint density at radius 2 is 2.03 bits per heavy atom. The number of allylic oxidation sites excluding steroid dienone is 3. The first kappa shape index (κ1) is 24.9. The van der Waals surface area contributed by atoms with Crippen LogP contribution in [-0.2, 0) is 9.53 Å². The molecule has 33 heavy (non-hydrogen) atoms. The fraction of sp³-hybridized carbons (Fsp3) is 0.269. The third-order valence-corrected chi connectivity index (χ3v) is 7.24. The first-order valence-electron chi connectivity index (χ1n) is 10.8. The second kappa shape index (κ2) is 11.4. The fourth-order valence-electron chi connectivity index (χ4n) is 3.12. The quantitative estimate of drug-likeness (QED) is 0.161. The number of esters is 1. The van der Waals surface area contributed by atoms with Crippen molar-refractivity contribution in [3.8, 4) is 11.5 Å². The van der Waals surface area contributed by atoms with Gasteiger partial charge in [0.1, 0.15) is 0 Å². The standard InChI is InChI=1S/C26H30ClO5P/c1-5-29-23(28)9-8-21-17-22-11-14-30-24(22)26(31-13-10-19(2)3)25(21)32-18-20-7-6-15-33(4,27)16-12-20/h6-12,14-17,33H,5,13,18H2,1-4H3/b9-8+. The van der Waals surface area contributed by atoms with E-state index in [1.807, 2.05) is 50.3 Å². The molecule has 1 aromatic carbocycles. The van der Waals surface area contributed by atoms with Crippen molar-refractivity contribution in [1.82, 2.24) is 0 Å². The summed E-state index contributed by atoms with van der Waals surface area (Å²) >= 11 is 6.54. The number of carbonyl (C=O) groups is 1. The van der Waals surface area contributed by atoms with Gasteiger partial charge in [-0.25, -0.2) is 0 Å². The molecule has 0 spiro atoms. The first-order valence-corrected chi connectivity index (χ1v) is 14.5. The van der Waals surface area contributed by atoms with E-state index in [2.05, 4.69) is 18.3 Å². The average molecular weight is 489 g/mol. The fourth-order valence-corrected chi connectivity index (χ4v) is 4.65. The number of halogens is 1. The molecule has 7 heteroatoms. The zero-order valence-corrected chi connectivity index (χ0v) is 21.1. The van der Waals surface area contributed by atoms with Crippen LogP contribution in [0.1, 0.15) is 26.3 Å². The van der Waals surface area contributed by atoms with Crippen LogP contribution in [0.2, 0.25) is 0 Å². The van der Waals surface area contributed by atoms with Crippen molar-refractivity contribution in [1.29, 1.82) is 0 Å². The van der Waals surface area contributed by atoms with Crippen LogP contribution in [0.4, 0.5) is 0 Å². The summed E-state index contributed by atoms with van der Waals surface area (Å²) in [5, 5.41) is 0.846. The molecule has 0 atom stereocenters. The van der Waals surface area contributed by atoms with E-state index in [0.29, 0.717) is 42.5 Å². The van der Waals surface area contributed by atoms with Crippen molar-refractivity contribution in [2.75, 3.05) is 26.5 Å². The Labute approximate surface area is 200 Å². The molecule has 0 aliphatic carbocycles. The summed E-state index contributed by atoms with van der Waals surface area (Å²) in [5.41, 5.74) is 3.39. The van der Waals surface area contributed by atoms with E-state index in [1.54, 1.807) is 19.3 Å². The zero-order chi connectivity index (χ0) is 23.8. The molecule has 0 saturated heterocycles.